The number of hydrogen-bond donors (Lipinski definition) is 1. The fourth-order valence-corrected chi connectivity index (χ4v) is 2.29. The molecule has 0 bridgehead atoms. The topological polar surface area (TPSA) is 25.0 Å². The lowest BCUT2D eigenvalue weighted by atomic mass is 10.1. The molecule has 2 heteroatoms. The van der Waals surface area contributed by atoms with E-state index in [1.165, 1.54) is 5.56 Å². The SMILES string of the molecule is c1ccc(CCCOc2cccc3[nH]ccc23)cc1. The second-order valence-electron chi connectivity index (χ2n) is 4.63. The van der Waals surface area contributed by atoms with Gasteiger partial charge in [-0.2, -0.15) is 0 Å². The van der Waals surface area contributed by atoms with Crippen molar-refractivity contribution in [2.75, 3.05) is 6.61 Å². The highest BCUT2D eigenvalue weighted by atomic mass is 16.5. The van der Waals surface area contributed by atoms with Crippen LogP contribution in [0.15, 0.2) is 60.8 Å². The van der Waals surface area contributed by atoms with E-state index in [1.807, 2.05) is 24.4 Å². The van der Waals surface area contributed by atoms with Crippen LogP contribution < -0.4 is 4.74 Å². The third-order valence-corrected chi connectivity index (χ3v) is 3.27. The summed E-state index contributed by atoms with van der Waals surface area (Å²) in [6, 6.07) is 18.7. The quantitative estimate of drug-likeness (QED) is 0.676. The Hall–Kier alpha value is -2.22. The smallest absolute Gasteiger partial charge is 0.128 e. The van der Waals surface area contributed by atoms with Gasteiger partial charge in [-0.15, -0.1) is 0 Å². The van der Waals surface area contributed by atoms with Gasteiger partial charge in [0.1, 0.15) is 5.75 Å². The van der Waals surface area contributed by atoms with E-state index in [0.29, 0.717) is 0 Å². The fraction of sp³-hybridized carbons (Fsp3) is 0.176. The van der Waals surface area contributed by atoms with Gasteiger partial charge in [0.15, 0.2) is 0 Å². The Labute approximate surface area is 113 Å². The Kier molecular flexibility index (Phi) is 3.50. The van der Waals surface area contributed by atoms with Crippen LogP contribution in [0, 0.1) is 0 Å². The van der Waals surface area contributed by atoms with Crippen molar-refractivity contribution < 1.29 is 4.74 Å². The van der Waals surface area contributed by atoms with E-state index in [1.54, 1.807) is 0 Å². The molecule has 0 aliphatic carbocycles. The van der Waals surface area contributed by atoms with Crippen LogP contribution in [0.2, 0.25) is 0 Å². The van der Waals surface area contributed by atoms with Gasteiger partial charge in [-0.1, -0.05) is 36.4 Å². The van der Waals surface area contributed by atoms with Crippen LogP contribution in [-0.4, -0.2) is 11.6 Å². The zero-order chi connectivity index (χ0) is 12.9. The number of ether oxygens (including phenoxy) is 1. The average molecular weight is 251 g/mol. The van der Waals surface area contributed by atoms with Crippen LogP contribution in [0.1, 0.15) is 12.0 Å². The lowest BCUT2D eigenvalue weighted by molar-refractivity contribution is 0.314. The van der Waals surface area contributed by atoms with Gasteiger partial charge in [0.2, 0.25) is 0 Å². The number of aryl methyl sites for hydroxylation is 1. The highest BCUT2D eigenvalue weighted by molar-refractivity contribution is 5.85. The molecule has 19 heavy (non-hydrogen) atoms. The first-order chi connectivity index (χ1) is 9.43. The largest absolute Gasteiger partial charge is 0.493 e. The predicted octanol–water partition coefficient (Wildman–Crippen LogP) is 4.18. The summed E-state index contributed by atoms with van der Waals surface area (Å²) in [5.41, 5.74) is 2.49. The van der Waals surface area contributed by atoms with Crippen LogP contribution in [0.25, 0.3) is 10.9 Å². The van der Waals surface area contributed by atoms with Crippen molar-refractivity contribution in [2.24, 2.45) is 0 Å². The molecule has 0 aliphatic rings. The minimum Gasteiger partial charge on any atom is -0.493 e. The second-order valence-corrected chi connectivity index (χ2v) is 4.63. The molecule has 0 atom stereocenters. The molecule has 0 radical (unpaired) electrons. The number of benzene rings is 2. The number of fused-ring (bicyclic) bond motifs is 1. The number of aromatic nitrogens is 1. The zero-order valence-corrected chi connectivity index (χ0v) is 10.8. The second kappa shape index (κ2) is 5.61. The Morgan fingerprint density at radius 3 is 2.68 bits per heavy atom. The number of aromatic amines is 1. The van der Waals surface area contributed by atoms with E-state index in [-0.39, 0.29) is 0 Å². The zero-order valence-electron chi connectivity index (χ0n) is 10.8. The lowest BCUT2D eigenvalue weighted by Gasteiger charge is -2.07. The standard InChI is InChI=1S/C17H17NO/c1-2-6-14(7-3-1)8-5-13-19-17-10-4-9-16-15(17)11-12-18-16/h1-4,6-7,9-12,18H,5,8,13H2. The Balaban J connectivity index is 1.57. The lowest BCUT2D eigenvalue weighted by Crippen LogP contribution is -1.99. The Morgan fingerprint density at radius 2 is 1.79 bits per heavy atom. The molecule has 1 aromatic heterocycles. The van der Waals surface area contributed by atoms with Gasteiger partial charge in [0, 0.05) is 17.1 Å². The minimum absolute atomic E-state index is 0.749. The maximum absolute atomic E-state index is 5.88. The van der Waals surface area contributed by atoms with Gasteiger partial charge in [0.25, 0.3) is 0 Å². The van der Waals surface area contributed by atoms with E-state index >= 15 is 0 Å². The summed E-state index contributed by atoms with van der Waals surface area (Å²) in [5.74, 6) is 0.965. The summed E-state index contributed by atoms with van der Waals surface area (Å²) in [6.45, 7) is 0.749. The molecule has 0 spiro atoms. The van der Waals surface area contributed by atoms with Gasteiger partial charge in [-0.25, -0.2) is 0 Å². The first kappa shape index (κ1) is 11.8. The molecule has 0 saturated heterocycles. The van der Waals surface area contributed by atoms with Crippen LogP contribution in [-0.2, 0) is 6.42 Å². The molecule has 0 saturated carbocycles. The van der Waals surface area contributed by atoms with Crippen molar-refractivity contribution in [1.29, 1.82) is 0 Å². The number of nitrogens with one attached hydrogen (secondary N) is 1. The number of hydrogen-bond acceptors (Lipinski definition) is 1. The van der Waals surface area contributed by atoms with Gasteiger partial charge >= 0.3 is 0 Å². The van der Waals surface area contributed by atoms with E-state index < -0.39 is 0 Å². The molecule has 1 heterocycles. The molecule has 0 aliphatic heterocycles. The van der Waals surface area contributed by atoms with Crippen molar-refractivity contribution in [3.05, 3.63) is 66.4 Å². The summed E-state index contributed by atoms with van der Waals surface area (Å²) in [7, 11) is 0. The Morgan fingerprint density at radius 1 is 0.895 bits per heavy atom. The summed E-state index contributed by atoms with van der Waals surface area (Å²) in [5, 5.41) is 1.15. The average Bonchev–Trinajstić information content (AvgIpc) is 2.94. The molecule has 3 rings (SSSR count). The maximum atomic E-state index is 5.88. The summed E-state index contributed by atoms with van der Waals surface area (Å²) in [6.07, 6.45) is 4.04. The summed E-state index contributed by atoms with van der Waals surface area (Å²) >= 11 is 0. The van der Waals surface area contributed by atoms with Crippen molar-refractivity contribution >= 4 is 10.9 Å². The number of rotatable bonds is 5. The van der Waals surface area contributed by atoms with Crippen molar-refractivity contribution in [3.8, 4) is 5.75 Å². The molecular weight excluding hydrogens is 234 g/mol. The minimum atomic E-state index is 0.749. The van der Waals surface area contributed by atoms with E-state index in [4.69, 9.17) is 4.74 Å². The van der Waals surface area contributed by atoms with Crippen LogP contribution in [0.5, 0.6) is 5.75 Å². The molecule has 2 nitrogen and oxygen atoms in total. The molecule has 1 N–H and O–H groups in total. The third kappa shape index (κ3) is 2.79. The highest BCUT2D eigenvalue weighted by Crippen LogP contribution is 2.24. The van der Waals surface area contributed by atoms with Gasteiger partial charge in [-0.05, 0) is 36.6 Å². The third-order valence-electron chi connectivity index (χ3n) is 3.27. The van der Waals surface area contributed by atoms with Crippen molar-refractivity contribution in [2.45, 2.75) is 12.8 Å². The van der Waals surface area contributed by atoms with Gasteiger partial charge in [0.05, 0.1) is 6.61 Å². The van der Waals surface area contributed by atoms with Crippen molar-refractivity contribution in [3.63, 3.8) is 0 Å². The van der Waals surface area contributed by atoms with Crippen LogP contribution in [0.3, 0.4) is 0 Å². The maximum Gasteiger partial charge on any atom is 0.128 e. The Bertz CT molecular complexity index is 642. The van der Waals surface area contributed by atoms with E-state index in [2.05, 4.69) is 41.4 Å². The van der Waals surface area contributed by atoms with Crippen LogP contribution >= 0.6 is 0 Å². The molecule has 96 valence electrons. The molecule has 3 aromatic rings. The molecular formula is C17H17NO. The molecule has 2 aromatic carbocycles. The molecule has 0 unspecified atom stereocenters. The van der Waals surface area contributed by atoms with Gasteiger partial charge < -0.3 is 9.72 Å². The number of H-pyrrole nitrogens is 1. The first-order valence-corrected chi connectivity index (χ1v) is 6.66. The van der Waals surface area contributed by atoms with E-state index in [0.717, 1.165) is 36.1 Å². The first-order valence-electron chi connectivity index (χ1n) is 6.66. The van der Waals surface area contributed by atoms with E-state index in [9.17, 15) is 0 Å². The monoisotopic (exact) mass is 251 g/mol. The predicted molar refractivity (Wildman–Crippen MR) is 78.6 cm³/mol. The normalized spacial score (nSPS) is 10.7. The molecule has 0 amide bonds. The summed E-state index contributed by atoms with van der Waals surface area (Å²) in [4.78, 5) is 3.20. The summed E-state index contributed by atoms with van der Waals surface area (Å²) < 4.78 is 5.88. The van der Waals surface area contributed by atoms with Crippen molar-refractivity contribution in [1.82, 2.24) is 4.98 Å². The van der Waals surface area contributed by atoms with Crippen LogP contribution in [0.4, 0.5) is 0 Å². The highest BCUT2D eigenvalue weighted by Gasteiger charge is 2.02. The fourth-order valence-electron chi connectivity index (χ4n) is 2.29. The van der Waals surface area contributed by atoms with Gasteiger partial charge in [-0.3, -0.25) is 0 Å². The molecule has 0 fully saturated rings.